The van der Waals surface area contributed by atoms with Crippen molar-refractivity contribution < 1.29 is 23.4 Å². The monoisotopic (exact) mass is 349 g/mol. The summed E-state index contributed by atoms with van der Waals surface area (Å²) < 4.78 is 33.1. The first-order valence-electron chi connectivity index (χ1n) is 7.21. The Bertz CT molecular complexity index is 911. The molecular formula is C16H13F2N3O4. The van der Waals surface area contributed by atoms with Gasteiger partial charge in [0.15, 0.2) is 11.6 Å². The molecule has 9 heteroatoms. The molecule has 1 aromatic heterocycles. The minimum Gasteiger partial charge on any atom is -0.393 e. The molecule has 0 amide bonds. The van der Waals surface area contributed by atoms with Gasteiger partial charge in [-0.05, 0) is 30.3 Å². The maximum atomic E-state index is 13.8. The molecule has 0 spiro atoms. The van der Waals surface area contributed by atoms with Gasteiger partial charge in [-0.2, -0.15) is 4.98 Å². The van der Waals surface area contributed by atoms with Gasteiger partial charge >= 0.3 is 5.69 Å². The lowest BCUT2D eigenvalue weighted by Gasteiger charge is -2.29. The van der Waals surface area contributed by atoms with Gasteiger partial charge in [-0.3, -0.25) is 9.36 Å². The average Bonchev–Trinajstić information content (AvgIpc) is 3.03. The number of benzene rings is 1. The van der Waals surface area contributed by atoms with E-state index in [1.165, 1.54) is 24.3 Å². The van der Waals surface area contributed by atoms with Crippen LogP contribution in [0.5, 0.6) is 0 Å². The maximum absolute atomic E-state index is 13.8. The zero-order valence-corrected chi connectivity index (χ0v) is 12.7. The normalized spacial score (nSPS) is 22.3. The summed E-state index contributed by atoms with van der Waals surface area (Å²) in [5.41, 5.74) is 2.20. The van der Waals surface area contributed by atoms with Crippen molar-refractivity contribution in [2.24, 2.45) is 0 Å². The Hall–Kier alpha value is -2.91. The number of ketones is 1. The predicted molar refractivity (Wildman–Crippen MR) is 82.7 cm³/mol. The SMILES string of the molecule is Nc1nc(=O)n([C@@]2(C(=O)c3ccc(F)cc3)C=C[C@@H](CO)O2)cc1F. The van der Waals surface area contributed by atoms with Crippen LogP contribution < -0.4 is 11.4 Å². The molecular weight excluding hydrogens is 336 g/mol. The van der Waals surface area contributed by atoms with Crippen molar-refractivity contribution in [3.8, 4) is 0 Å². The summed E-state index contributed by atoms with van der Waals surface area (Å²) in [6, 6.07) is 4.53. The van der Waals surface area contributed by atoms with E-state index in [9.17, 15) is 23.5 Å². The van der Waals surface area contributed by atoms with Crippen LogP contribution in [0.1, 0.15) is 10.4 Å². The molecule has 0 aliphatic carbocycles. The second kappa shape index (κ2) is 6.19. The first-order chi connectivity index (χ1) is 11.9. The highest BCUT2D eigenvalue weighted by atomic mass is 19.1. The molecule has 7 nitrogen and oxygen atoms in total. The fraction of sp³-hybridized carbons (Fsp3) is 0.188. The zero-order chi connectivity index (χ0) is 18.2. The molecule has 130 valence electrons. The number of nitrogens with zero attached hydrogens (tertiary/aromatic N) is 2. The lowest BCUT2D eigenvalue weighted by atomic mass is 10.0. The number of ether oxygens (including phenoxy) is 1. The van der Waals surface area contributed by atoms with Gasteiger partial charge in [0, 0.05) is 5.56 Å². The summed E-state index contributed by atoms with van der Waals surface area (Å²) in [5.74, 6) is -2.95. The zero-order valence-electron chi connectivity index (χ0n) is 12.7. The summed E-state index contributed by atoms with van der Waals surface area (Å²) in [4.78, 5) is 28.5. The van der Waals surface area contributed by atoms with Gasteiger partial charge in [0.05, 0.1) is 12.8 Å². The number of carbonyl (C=O) groups excluding carboxylic acids is 1. The minimum atomic E-state index is -2.07. The number of nitrogen functional groups attached to an aromatic ring is 1. The Kier molecular flexibility index (Phi) is 4.19. The molecule has 0 fully saturated rings. The van der Waals surface area contributed by atoms with E-state index < -0.39 is 47.4 Å². The molecule has 1 aliphatic heterocycles. The number of hydrogen-bond acceptors (Lipinski definition) is 6. The minimum absolute atomic E-state index is 0.0220. The van der Waals surface area contributed by atoms with Crippen LogP contribution in [0.25, 0.3) is 0 Å². The molecule has 1 aliphatic rings. The van der Waals surface area contributed by atoms with Crippen LogP contribution in [0.2, 0.25) is 0 Å². The Morgan fingerprint density at radius 2 is 2.04 bits per heavy atom. The number of aliphatic hydroxyl groups excluding tert-OH is 1. The molecule has 3 rings (SSSR count). The second-order valence-corrected chi connectivity index (χ2v) is 5.36. The van der Waals surface area contributed by atoms with Crippen LogP contribution in [-0.4, -0.2) is 33.2 Å². The van der Waals surface area contributed by atoms with Gasteiger partial charge in [-0.25, -0.2) is 13.6 Å². The number of nitrogens with two attached hydrogens (primary N) is 1. The highest BCUT2D eigenvalue weighted by Gasteiger charge is 2.46. The number of anilines is 1. The topological polar surface area (TPSA) is 107 Å². The predicted octanol–water partition coefficient (Wildman–Crippen LogP) is 0.587. The molecule has 2 heterocycles. The summed E-state index contributed by atoms with van der Waals surface area (Å²) in [5, 5.41) is 9.27. The van der Waals surface area contributed by atoms with E-state index in [1.54, 1.807) is 0 Å². The molecule has 0 bridgehead atoms. The molecule has 0 radical (unpaired) electrons. The number of aromatic nitrogens is 2. The van der Waals surface area contributed by atoms with Gasteiger partial charge in [0.1, 0.15) is 11.9 Å². The van der Waals surface area contributed by atoms with E-state index in [0.717, 1.165) is 12.1 Å². The summed E-state index contributed by atoms with van der Waals surface area (Å²) >= 11 is 0. The number of carbonyl (C=O) groups is 1. The number of Topliss-reactive ketones (excluding diaryl/α,β-unsaturated/α-hetero) is 1. The fourth-order valence-corrected chi connectivity index (χ4v) is 2.51. The van der Waals surface area contributed by atoms with Gasteiger partial charge in [0.25, 0.3) is 0 Å². The van der Waals surface area contributed by atoms with Crippen molar-refractivity contribution >= 4 is 11.6 Å². The van der Waals surface area contributed by atoms with Gasteiger partial charge in [-0.1, -0.05) is 6.08 Å². The Morgan fingerprint density at radius 1 is 1.36 bits per heavy atom. The first kappa shape index (κ1) is 16.9. The van der Waals surface area contributed by atoms with Crippen molar-refractivity contribution in [2.45, 2.75) is 11.8 Å². The fourth-order valence-electron chi connectivity index (χ4n) is 2.51. The van der Waals surface area contributed by atoms with E-state index in [4.69, 9.17) is 10.5 Å². The first-order valence-corrected chi connectivity index (χ1v) is 7.21. The molecule has 3 N–H and O–H groups in total. The van der Waals surface area contributed by atoms with Crippen molar-refractivity contribution in [3.63, 3.8) is 0 Å². The standard InChI is InChI=1S/C16H13F2N3O4/c17-10-3-1-9(2-4-10)13(23)16(6-5-11(8-22)25-16)21-7-12(18)14(19)20-15(21)24/h1-7,11,22H,8H2,(H2,19,20,24)/t11-,16-/m0/s1. The molecule has 2 atom stereocenters. The molecule has 0 unspecified atom stereocenters. The van der Waals surface area contributed by atoms with Gasteiger partial charge in [0.2, 0.25) is 11.5 Å². The number of rotatable bonds is 4. The van der Waals surface area contributed by atoms with E-state index in [0.29, 0.717) is 10.8 Å². The number of halogens is 2. The van der Waals surface area contributed by atoms with Crippen LogP contribution in [0.15, 0.2) is 47.4 Å². The van der Waals surface area contributed by atoms with Crippen molar-refractivity contribution in [1.29, 1.82) is 0 Å². The van der Waals surface area contributed by atoms with E-state index >= 15 is 0 Å². The lowest BCUT2D eigenvalue weighted by molar-refractivity contribution is -0.0708. The number of aliphatic hydroxyl groups is 1. The van der Waals surface area contributed by atoms with Gasteiger partial charge < -0.3 is 15.6 Å². The van der Waals surface area contributed by atoms with Crippen molar-refractivity contribution in [1.82, 2.24) is 9.55 Å². The average molecular weight is 349 g/mol. The van der Waals surface area contributed by atoms with Crippen molar-refractivity contribution in [2.75, 3.05) is 12.3 Å². The maximum Gasteiger partial charge on any atom is 0.352 e. The molecule has 0 saturated carbocycles. The van der Waals surface area contributed by atoms with E-state index in [1.807, 2.05) is 0 Å². The van der Waals surface area contributed by atoms with Crippen molar-refractivity contribution in [3.05, 3.63) is 70.3 Å². The third kappa shape index (κ3) is 2.83. The number of hydrogen-bond donors (Lipinski definition) is 2. The highest BCUT2D eigenvalue weighted by Crippen LogP contribution is 2.32. The summed E-state index contributed by atoms with van der Waals surface area (Å²) in [6.07, 6.45) is 2.40. The van der Waals surface area contributed by atoms with E-state index in [2.05, 4.69) is 4.98 Å². The third-order valence-electron chi connectivity index (χ3n) is 3.75. The van der Waals surface area contributed by atoms with Crippen LogP contribution in [-0.2, 0) is 10.5 Å². The van der Waals surface area contributed by atoms with E-state index in [-0.39, 0.29) is 5.56 Å². The third-order valence-corrected chi connectivity index (χ3v) is 3.75. The summed E-state index contributed by atoms with van der Waals surface area (Å²) in [7, 11) is 0. The quantitative estimate of drug-likeness (QED) is 0.618. The molecule has 0 saturated heterocycles. The smallest absolute Gasteiger partial charge is 0.352 e. The highest BCUT2D eigenvalue weighted by molar-refractivity contribution is 6.02. The largest absolute Gasteiger partial charge is 0.393 e. The second-order valence-electron chi connectivity index (χ2n) is 5.36. The molecule has 2 aromatic rings. The Morgan fingerprint density at radius 3 is 2.64 bits per heavy atom. The van der Waals surface area contributed by atoms with Gasteiger partial charge in [-0.15, -0.1) is 0 Å². The van der Waals surface area contributed by atoms with Crippen LogP contribution in [0, 0.1) is 11.6 Å². The van der Waals surface area contributed by atoms with Crippen LogP contribution >= 0.6 is 0 Å². The molecule has 1 aromatic carbocycles. The van der Waals surface area contributed by atoms with Crippen LogP contribution in [0.3, 0.4) is 0 Å². The molecule has 25 heavy (non-hydrogen) atoms. The lowest BCUT2D eigenvalue weighted by Crippen LogP contribution is -2.48. The van der Waals surface area contributed by atoms with Crippen LogP contribution in [0.4, 0.5) is 14.6 Å². The Labute approximate surface area is 140 Å². The summed E-state index contributed by atoms with van der Waals surface area (Å²) in [6.45, 7) is -0.464. The Balaban J connectivity index is 2.17.